The van der Waals surface area contributed by atoms with E-state index in [-0.39, 0.29) is 11.8 Å². The number of likely N-dealkylation sites (tertiary alicyclic amines) is 2. The maximum Gasteiger partial charge on any atom is 0.274 e. The topological polar surface area (TPSA) is 67.7 Å². The summed E-state index contributed by atoms with van der Waals surface area (Å²) in [6, 6.07) is 9.17. The van der Waals surface area contributed by atoms with Crippen LogP contribution in [0.3, 0.4) is 0 Å². The molecule has 0 spiro atoms. The molecule has 8 heteroatoms. The van der Waals surface area contributed by atoms with Crippen LogP contribution in [0.4, 0.5) is 0 Å². The van der Waals surface area contributed by atoms with Crippen molar-refractivity contribution in [3.63, 3.8) is 0 Å². The minimum Gasteiger partial charge on any atom is -0.493 e. The van der Waals surface area contributed by atoms with Crippen LogP contribution in [0.15, 0.2) is 30.3 Å². The molecule has 34 heavy (non-hydrogen) atoms. The van der Waals surface area contributed by atoms with Crippen molar-refractivity contribution in [2.45, 2.75) is 58.9 Å². The van der Waals surface area contributed by atoms with Gasteiger partial charge in [-0.2, -0.15) is 5.10 Å². The van der Waals surface area contributed by atoms with Crippen molar-refractivity contribution in [1.82, 2.24) is 19.6 Å². The number of hydrogen-bond acceptors (Lipinski definition) is 4. The van der Waals surface area contributed by atoms with Crippen LogP contribution in [0.1, 0.15) is 61.6 Å². The summed E-state index contributed by atoms with van der Waals surface area (Å²) in [5.41, 5.74) is 0.986. The number of halogens is 1. The fourth-order valence-electron chi connectivity index (χ4n) is 5.16. The predicted octanol–water partition coefficient (Wildman–Crippen LogP) is 4.57. The molecule has 0 bridgehead atoms. The number of aryl methyl sites for hydroxylation is 2. The summed E-state index contributed by atoms with van der Waals surface area (Å²) in [5.74, 6) is 0.764. The fourth-order valence-corrected chi connectivity index (χ4v) is 5.34. The van der Waals surface area contributed by atoms with E-state index < -0.39 is 5.41 Å². The van der Waals surface area contributed by atoms with E-state index in [1.165, 1.54) is 6.42 Å². The summed E-state index contributed by atoms with van der Waals surface area (Å²) < 4.78 is 8.02. The summed E-state index contributed by atoms with van der Waals surface area (Å²) in [6.45, 7) is 7.84. The Morgan fingerprint density at radius 3 is 2.56 bits per heavy atom. The second kappa shape index (κ2) is 10.8. The van der Waals surface area contributed by atoms with E-state index in [0.29, 0.717) is 42.6 Å². The van der Waals surface area contributed by atoms with E-state index in [4.69, 9.17) is 16.3 Å². The van der Waals surface area contributed by atoms with Gasteiger partial charge in [0.1, 0.15) is 5.75 Å². The van der Waals surface area contributed by atoms with Crippen molar-refractivity contribution in [3.8, 4) is 5.75 Å². The average Bonchev–Trinajstić information content (AvgIpc) is 3.23. The second-order valence-corrected chi connectivity index (χ2v) is 10.1. The highest BCUT2D eigenvalue weighted by molar-refractivity contribution is 6.30. The smallest absolute Gasteiger partial charge is 0.274 e. The van der Waals surface area contributed by atoms with Crippen molar-refractivity contribution in [1.29, 1.82) is 0 Å². The lowest BCUT2D eigenvalue weighted by molar-refractivity contribution is -0.136. The number of carbonyl (C=O) groups is 2. The normalized spacial score (nSPS) is 20.9. The van der Waals surface area contributed by atoms with Crippen LogP contribution in [0.2, 0.25) is 5.02 Å². The van der Waals surface area contributed by atoms with Gasteiger partial charge in [-0.1, -0.05) is 17.7 Å². The van der Waals surface area contributed by atoms with Crippen molar-refractivity contribution >= 4 is 23.4 Å². The van der Waals surface area contributed by atoms with Crippen molar-refractivity contribution in [2.75, 3.05) is 32.8 Å². The number of amides is 2. The molecule has 2 aliphatic heterocycles. The van der Waals surface area contributed by atoms with E-state index in [0.717, 1.165) is 51.0 Å². The first-order valence-electron chi connectivity index (χ1n) is 12.4. The quantitative estimate of drug-likeness (QED) is 0.575. The lowest BCUT2D eigenvalue weighted by Crippen LogP contribution is -2.51. The van der Waals surface area contributed by atoms with E-state index >= 15 is 0 Å². The molecule has 1 aromatic heterocycles. The minimum atomic E-state index is -0.451. The average molecular weight is 487 g/mol. The van der Waals surface area contributed by atoms with Crippen molar-refractivity contribution in [2.24, 2.45) is 5.41 Å². The number of piperidine rings is 2. The van der Waals surface area contributed by atoms with E-state index in [9.17, 15) is 9.59 Å². The van der Waals surface area contributed by atoms with Gasteiger partial charge in [0.2, 0.25) is 5.91 Å². The monoisotopic (exact) mass is 486 g/mol. The number of benzene rings is 1. The van der Waals surface area contributed by atoms with Gasteiger partial charge >= 0.3 is 0 Å². The highest BCUT2D eigenvalue weighted by Crippen LogP contribution is 2.36. The third-order valence-corrected chi connectivity index (χ3v) is 7.26. The Balaban J connectivity index is 1.53. The first-order chi connectivity index (χ1) is 16.4. The summed E-state index contributed by atoms with van der Waals surface area (Å²) in [5, 5.41) is 5.10. The highest BCUT2D eigenvalue weighted by atomic mass is 35.5. The molecule has 7 nitrogen and oxygen atoms in total. The molecule has 2 amide bonds. The number of nitrogens with zero attached hydrogens (tertiary/aromatic N) is 4. The third kappa shape index (κ3) is 5.74. The van der Waals surface area contributed by atoms with Gasteiger partial charge in [-0.3, -0.25) is 14.3 Å². The molecule has 2 saturated heterocycles. The van der Waals surface area contributed by atoms with Crippen LogP contribution in [-0.2, 0) is 11.3 Å². The molecule has 0 N–H and O–H groups in total. The molecule has 0 saturated carbocycles. The molecule has 3 heterocycles. The first kappa shape index (κ1) is 24.6. The maximum atomic E-state index is 13.4. The largest absolute Gasteiger partial charge is 0.493 e. The summed E-state index contributed by atoms with van der Waals surface area (Å²) >= 11 is 6.14. The molecule has 1 atom stereocenters. The van der Waals surface area contributed by atoms with Crippen LogP contribution in [-0.4, -0.2) is 64.2 Å². The summed E-state index contributed by atoms with van der Waals surface area (Å²) in [7, 11) is 0. The van der Waals surface area contributed by atoms with Crippen LogP contribution in [0.25, 0.3) is 0 Å². The summed E-state index contributed by atoms with van der Waals surface area (Å²) in [6.07, 6.45) is 5.33. The van der Waals surface area contributed by atoms with Crippen LogP contribution < -0.4 is 4.74 Å². The molecular weight excluding hydrogens is 452 g/mol. The Morgan fingerprint density at radius 1 is 1.09 bits per heavy atom. The predicted molar refractivity (Wildman–Crippen MR) is 132 cm³/mol. The lowest BCUT2D eigenvalue weighted by atomic mass is 9.77. The molecule has 4 rings (SSSR count). The SMILES string of the molecule is CCn1nc(C(=O)N2CCCC(COc3cccc(Cl)c3)(CC(=O)N3CCCCC3)C2)cc1C. The molecule has 2 aliphatic rings. The number of carbonyl (C=O) groups excluding carboxylic acids is 2. The Kier molecular flexibility index (Phi) is 7.81. The number of aromatic nitrogens is 2. The van der Waals surface area contributed by atoms with Crippen LogP contribution in [0.5, 0.6) is 5.75 Å². The zero-order valence-electron chi connectivity index (χ0n) is 20.3. The van der Waals surface area contributed by atoms with Gasteiger partial charge in [0.05, 0.1) is 6.61 Å². The van der Waals surface area contributed by atoms with E-state index in [2.05, 4.69) is 5.10 Å². The van der Waals surface area contributed by atoms with Crippen LogP contribution >= 0.6 is 11.6 Å². The lowest BCUT2D eigenvalue weighted by Gasteiger charge is -2.43. The van der Waals surface area contributed by atoms with Crippen LogP contribution in [0, 0.1) is 12.3 Å². The number of ether oxygens (including phenoxy) is 1. The Bertz CT molecular complexity index is 1020. The molecule has 2 aromatic rings. The Labute approximate surface area is 207 Å². The molecule has 184 valence electrons. The van der Waals surface area contributed by atoms with Gasteiger partial charge in [-0.25, -0.2) is 0 Å². The zero-order chi connectivity index (χ0) is 24.1. The van der Waals surface area contributed by atoms with Crippen molar-refractivity contribution < 1.29 is 14.3 Å². The molecular formula is C26H35ClN4O3. The molecule has 1 aromatic carbocycles. The van der Waals surface area contributed by atoms with Gasteiger partial charge in [-0.15, -0.1) is 0 Å². The molecule has 0 aliphatic carbocycles. The summed E-state index contributed by atoms with van der Waals surface area (Å²) in [4.78, 5) is 30.5. The highest BCUT2D eigenvalue weighted by Gasteiger charge is 2.41. The first-order valence-corrected chi connectivity index (χ1v) is 12.8. The van der Waals surface area contributed by atoms with E-state index in [1.807, 2.05) is 52.6 Å². The minimum absolute atomic E-state index is 0.0763. The fraction of sp³-hybridized carbons (Fsp3) is 0.577. The zero-order valence-corrected chi connectivity index (χ0v) is 21.0. The van der Waals surface area contributed by atoms with Gasteiger partial charge < -0.3 is 14.5 Å². The van der Waals surface area contributed by atoms with E-state index in [1.54, 1.807) is 6.07 Å². The number of hydrogen-bond donors (Lipinski definition) is 0. The maximum absolute atomic E-state index is 13.4. The Hall–Kier alpha value is -2.54. The number of rotatable bonds is 7. The standard InChI is InChI=1S/C26H35ClN4O3/c1-3-31-20(2)15-23(28-31)25(33)30-14-8-11-26(18-30,17-24(32)29-12-5-4-6-13-29)19-34-22-10-7-9-21(27)16-22/h7,9-10,15-16H,3-6,8,11-14,17-19H2,1-2H3. The molecule has 2 fully saturated rings. The van der Waals surface area contributed by atoms with Gasteiger partial charge in [0.15, 0.2) is 5.69 Å². The van der Waals surface area contributed by atoms with Gasteiger partial charge in [0, 0.05) is 55.3 Å². The molecule has 1 unspecified atom stereocenters. The third-order valence-electron chi connectivity index (χ3n) is 7.02. The van der Waals surface area contributed by atoms with Gasteiger partial charge in [0.25, 0.3) is 5.91 Å². The Morgan fingerprint density at radius 2 is 1.85 bits per heavy atom. The van der Waals surface area contributed by atoms with Crippen molar-refractivity contribution in [3.05, 3.63) is 46.7 Å². The van der Waals surface area contributed by atoms with Gasteiger partial charge in [-0.05, 0) is 70.2 Å². The molecule has 0 radical (unpaired) electrons. The second-order valence-electron chi connectivity index (χ2n) is 9.68.